The molecule has 0 aliphatic carbocycles. The maximum Gasteiger partial charge on any atom is 0.318 e. The number of thiophene rings is 1. The summed E-state index contributed by atoms with van der Waals surface area (Å²) in [5.74, 6) is 0. The van der Waals surface area contributed by atoms with Crippen molar-refractivity contribution in [2.75, 3.05) is 13.1 Å². The number of rotatable bonds is 2. The van der Waals surface area contributed by atoms with Gasteiger partial charge in [-0.2, -0.15) is 0 Å². The van der Waals surface area contributed by atoms with Crippen molar-refractivity contribution in [3.63, 3.8) is 0 Å². The Hall–Kier alpha value is -1.07. The lowest BCUT2D eigenvalue weighted by molar-refractivity contribution is 0.0814. The topological polar surface area (TPSA) is 52.6 Å². The van der Waals surface area contributed by atoms with E-state index in [4.69, 9.17) is 0 Å². The Kier molecular flexibility index (Phi) is 4.70. The fourth-order valence-corrected chi connectivity index (χ4v) is 3.54. The number of β-amino-alcohol motifs (C(OH)–C–C–N with tert-alkyl or cyclic N) is 1. The van der Waals surface area contributed by atoms with Gasteiger partial charge in [-0.15, -0.1) is 11.3 Å². The number of aliphatic hydroxyl groups is 1. The van der Waals surface area contributed by atoms with Crippen molar-refractivity contribution in [3.8, 4) is 0 Å². The number of likely N-dealkylation sites (tertiary alicyclic amines) is 1. The molecule has 4 nitrogen and oxygen atoms in total. The molecule has 2 unspecified atom stereocenters. The SMILES string of the molecule is CC(C)(C)C(NC(=O)N1CCCC(O)C1)c1cccs1. The number of carbonyl (C=O) groups is 1. The molecule has 0 bridgehead atoms. The molecule has 112 valence electrons. The van der Waals surface area contributed by atoms with Crippen molar-refractivity contribution in [3.05, 3.63) is 22.4 Å². The normalized spacial score (nSPS) is 21.6. The van der Waals surface area contributed by atoms with E-state index in [1.807, 2.05) is 11.4 Å². The summed E-state index contributed by atoms with van der Waals surface area (Å²) in [7, 11) is 0. The third-order valence-corrected chi connectivity index (χ3v) is 4.58. The zero-order valence-corrected chi connectivity index (χ0v) is 13.2. The number of nitrogens with one attached hydrogen (secondary N) is 1. The highest BCUT2D eigenvalue weighted by molar-refractivity contribution is 7.10. The highest BCUT2D eigenvalue weighted by Gasteiger charge is 2.31. The summed E-state index contributed by atoms with van der Waals surface area (Å²) in [6.45, 7) is 7.55. The second kappa shape index (κ2) is 6.14. The van der Waals surface area contributed by atoms with Crippen LogP contribution in [-0.2, 0) is 0 Å². The lowest BCUT2D eigenvalue weighted by Crippen LogP contribution is -2.49. The molecule has 0 saturated carbocycles. The number of hydrogen-bond donors (Lipinski definition) is 2. The molecule has 20 heavy (non-hydrogen) atoms. The van der Waals surface area contributed by atoms with Gasteiger partial charge in [0.05, 0.1) is 12.1 Å². The zero-order valence-electron chi connectivity index (χ0n) is 12.4. The van der Waals surface area contributed by atoms with Gasteiger partial charge >= 0.3 is 6.03 Å². The van der Waals surface area contributed by atoms with Gasteiger partial charge in [-0.3, -0.25) is 0 Å². The number of urea groups is 1. The van der Waals surface area contributed by atoms with Crippen molar-refractivity contribution < 1.29 is 9.90 Å². The summed E-state index contributed by atoms with van der Waals surface area (Å²) in [5.41, 5.74) is -0.0467. The van der Waals surface area contributed by atoms with E-state index in [2.05, 4.69) is 32.2 Å². The number of piperidine rings is 1. The molecule has 2 N–H and O–H groups in total. The van der Waals surface area contributed by atoms with E-state index in [1.165, 1.54) is 4.88 Å². The van der Waals surface area contributed by atoms with Gasteiger partial charge in [-0.1, -0.05) is 26.8 Å². The second-order valence-corrected chi connectivity index (χ2v) is 7.49. The number of hydrogen-bond acceptors (Lipinski definition) is 3. The zero-order chi connectivity index (χ0) is 14.8. The van der Waals surface area contributed by atoms with Crippen molar-refractivity contribution in [1.82, 2.24) is 10.2 Å². The Bertz CT molecular complexity index is 439. The van der Waals surface area contributed by atoms with E-state index in [1.54, 1.807) is 16.2 Å². The van der Waals surface area contributed by atoms with Gasteiger partial charge in [0.25, 0.3) is 0 Å². The molecule has 0 spiro atoms. The summed E-state index contributed by atoms with van der Waals surface area (Å²) in [6, 6.07) is 3.99. The van der Waals surface area contributed by atoms with Crippen LogP contribution in [0.5, 0.6) is 0 Å². The van der Waals surface area contributed by atoms with Crippen LogP contribution in [-0.4, -0.2) is 35.2 Å². The molecule has 1 aromatic heterocycles. The Balaban J connectivity index is 2.06. The Morgan fingerprint density at radius 3 is 2.85 bits per heavy atom. The molecule has 2 rings (SSSR count). The Morgan fingerprint density at radius 1 is 1.55 bits per heavy atom. The fourth-order valence-electron chi connectivity index (χ4n) is 2.52. The van der Waals surface area contributed by atoms with Gasteiger partial charge < -0.3 is 15.3 Å². The standard InChI is InChI=1S/C15H24N2O2S/c1-15(2,3)13(12-7-5-9-20-12)16-14(19)17-8-4-6-11(18)10-17/h5,7,9,11,13,18H,4,6,8,10H2,1-3H3,(H,16,19). The number of nitrogens with zero attached hydrogens (tertiary/aromatic N) is 1. The van der Waals surface area contributed by atoms with Gasteiger partial charge in [0.2, 0.25) is 0 Å². The smallest absolute Gasteiger partial charge is 0.318 e. The molecule has 1 aliphatic heterocycles. The first kappa shape index (κ1) is 15.3. The predicted octanol–water partition coefficient (Wildman–Crippen LogP) is 3.00. The Morgan fingerprint density at radius 2 is 2.30 bits per heavy atom. The molecule has 5 heteroatoms. The molecule has 1 saturated heterocycles. The Labute approximate surface area is 124 Å². The molecule has 1 aliphatic rings. The maximum atomic E-state index is 12.4. The third kappa shape index (κ3) is 3.73. The minimum Gasteiger partial charge on any atom is -0.391 e. The first-order chi connectivity index (χ1) is 9.38. The highest BCUT2D eigenvalue weighted by Crippen LogP contribution is 2.35. The van der Waals surface area contributed by atoms with E-state index >= 15 is 0 Å². The van der Waals surface area contributed by atoms with Gasteiger partial charge in [-0.25, -0.2) is 4.79 Å². The summed E-state index contributed by atoms with van der Waals surface area (Å²) in [5, 5.41) is 14.9. The van der Waals surface area contributed by atoms with Crippen LogP contribution >= 0.6 is 11.3 Å². The van der Waals surface area contributed by atoms with Gasteiger partial charge in [0.15, 0.2) is 0 Å². The summed E-state index contributed by atoms with van der Waals surface area (Å²) >= 11 is 1.66. The molecule has 0 aromatic carbocycles. The van der Waals surface area contributed by atoms with Crippen molar-refractivity contribution in [2.24, 2.45) is 5.41 Å². The first-order valence-electron chi connectivity index (χ1n) is 7.15. The van der Waals surface area contributed by atoms with Crippen LogP contribution in [0.2, 0.25) is 0 Å². The number of carbonyl (C=O) groups excluding carboxylic acids is 1. The maximum absolute atomic E-state index is 12.4. The molecule has 1 fully saturated rings. The van der Waals surface area contributed by atoms with Crippen molar-refractivity contribution in [1.29, 1.82) is 0 Å². The predicted molar refractivity (Wildman–Crippen MR) is 81.9 cm³/mol. The minimum absolute atomic E-state index is 0.00549. The largest absolute Gasteiger partial charge is 0.391 e. The van der Waals surface area contributed by atoms with Crippen LogP contribution in [0.4, 0.5) is 4.79 Å². The fraction of sp³-hybridized carbons (Fsp3) is 0.667. The summed E-state index contributed by atoms with van der Waals surface area (Å²) in [4.78, 5) is 15.3. The van der Waals surface area contributed by atoms with Crippen LogP contribution in [0.3, 0.4) is 0 Å². The monoisotopic (exact) mass is 296 g/mol. The molecule has 1 aromatic rings. The summed E-state index contributed by atoms with van der Waals surface area (Å²) < 4.78 is 0. The van der Waals surface area contributed by atoms with Crippen LogP contribution in [0, 0.1) is 5.41 Å². The molecular formula is C15H24N2O2S. The molecule has 2 atom stereocenters. The number of aliphatic hydroxyl groups excluding tert-OH is 1. The minimum atomic E-state index is -0.385. The third-order valence-electron chi connectivity index (χ3n) is 3.65. The van der Waals surface area contributed by atoms with E-state index in [0.29, 0.717) is 6.54 Å². The average Bonchev–Trinajstić information content (AvgIpc) is 2.87. The average molecular weight is 296 g/mol. The van der Waals surface area contributed by atoms with E-state index in [-0.39, 0.29) is 23.6 Å². The number of amides is 2. The molecule has 2 amide bonds. The van der Waals surface area contributed by atoms with Crippen molar-refractivity contribution in [2.45, 2.75) is 45.8 Å². The van der Waals surface area contributed by atoms with Crippen LogP contribution in [0.25, 0.3) is 0 Å². The molecular weight excluding hydrogens is 272 g/mol. The van der Waals surface area contributed by atoms with Gasteiger partial charge in [0.1, 0.15) is 0 Å². The van der Waals surface area contributed by atoms with E-state index < -0.39 is 0 Å². The van der Waals surface area contributed by atoms with Gasteiger partial charge in [0, 0.05) is 18.0 Å². The van der Waals surface area contributed by atoms with Crippen molar-refractivity contribution >= 4 is 17.4 Å². The van der Waals surface area contributed by atoms with Crippen LogP contribution in [0.15, 0.2) is 17.5 Å². The van der Waals surface area contributed by atoms with Gasteiger partial charge in [-0.05, 0) is 29.7 Å². The molecule has 2 heterocycles. The second-order valence-electron chi connectivity index (χ2n) is 6.51. The van der Waals surface area contributed by atoms with Crippen LogP contribution < -0.4 is 5.32 Å². The first-order valence-corrected chi connectivity index (χ1v) is 8.03. The molecule has 0 radical (unpaired) electrons. The lowest BCUT2D eigenvalue weighted by atomic mass is 9.86. The van der Waals surface area contributed by atoms with Crippen LogP contribution in [0.1, 0.15) is 44.5 Å². The quantitative estimate of drug-likeness (QED) is 0.881. The summed E-state index contributed by atoms with van der Waals surface area (Å²) in [6.07, 6.45) is 1.27. The van der Waals surface area contributed by atoms with E-state index in [0.717, 1.165) is 19.4 Å². The van der Waals surface area contributed by atoms with E-state index in [9.17, 15) is 9.90 Å². The highest BCUT2D eigenvalue weighted by atomic mass is 32.1. The lowest BCUT2D eigenvalue weighted by Gasteiger charge is -2.35.